The summed E-state index contributed by atoms with van der Waals surface area (Å²) >= 11 is 6.12. The summed E-state index contributed by atoms with van der Waals surface area (Å²) in [7, 11) is 1.71. The van der Waals surface area contributed by atoms with Gasteiger partial charge in [-0.3, -0.25) is 4.68 Å². The van der Waals surface area contributed by atoms with Gasteiger partial charge in [-0.15, -0.1) is 0 Å². The predicted octanol–water partition coefficient (Wildman–Crippen LogP) is 3.13. The van der Waals surface area contributed by atoms with Gasteiger partial charge in [0.05, 0.1) is 23.9 Å². The van der Waals surface area contributed by atoms with Crippen LogP contribution in [0.1, 0.15) is 18.0 Å². The van der Waals surface area contributed by atoms with Crippen molar-refractivity contribution >= 4 is 17.4 Å². The van der Waals surface area contributed by atoms with Gasteiger partial charge >= 0.3 is 0 Å². The largest absolute Gasteiger partial charge is 0.383 e. The van der Waals surface area contributed by atoms with E-state index >= 15 is 0 Å². The molecule has 9 heteroatoms. The molecule has 5 rings (SSSR count). The van der Waals surface area contributed by atoms with Crippen molar-refractivity contribution in [2.75, 3.05) is 39.1 Å². The summed E-state index contributed by atoms with van der Waals surface area (Å²) in [6.07, 6.45) is 1.57. The molecule has 3 aliphatic rings. The Bertz CT molecular complexity index is 924. The molecule has 2 aromatic heterocycles. The normalized spacial score (nSPS) is 29.8. The topological polar surface area (TPSA) is 69.2 Å². The minimum absolute atomic E-state index is 0.0563. The Morgan fingerprint density at radius 1 is 1.31 bits per heavy atom. The van der Waals surface area contributed by atoms with Crippen LogP contribution >= 0.6 is 11.6 Å². The van der Waals surface area contributed by atoms with Gasteiger partial charge in [0.25, 0.3) is 5.92 Å². The number of fused-ring (bicyclic) bond motifs is 1. The molecule has 6 nitrogen and oxygen atoms in total. The van der Waals surface area contributed by atoms with Crippen LogP contribution in [0.15, 0.2) is 18.3 Å². The summed E-state index contributed by atoms with van der Waals surface area (Å²) in [5, 5.41) is 5.03. The molecule has 0 spiro atoms. The third kappa shape index (κ3) is 3.51. The Balaban J connectivity index is 1.39. The van der Waals surface area contributed by atoms with Gasteiger partial charge in [-0.2, -0.15) is 5.10 Å². The molecule has 3 fully saturated rings. The second kappa shape index (κ2) is 6.89. The van der Waals surface area contributed by atoms with Crippen LogP contribution in [0.2, 0.25) is 5.02 Å². The van der Waals surface area contributed by atoms with E-state index in [9.17, 15) is 8.78 Å². The summed E-state index contributed by atoms with van der Waals surface area (Å²) < 4.78 is 34.1. The van der Waals surface area contributed by atoms with E-state index in [2.05, 4.69) is 15.0 Å². The molecule has 0 amide bonds. The zero-order valence-electron chi connectivity index (χ0n) is 16.2. The van der Waals surface area contributed by atoms with Crippen molar-refractivity contribution in [3.63, 3.8) is 0 Å². The molecule has 2 N–H and O–H groups in total. The Kier molecular flexibility index (Phi) is 4.56. The molecular formula is C20H24ClF2N5O. The monoisotopic (exact) mass is 423 g/mol. The number of piperidine rings is 1. The maximum absolute atomic E-state index is 13.6. The Morgan fingerprint density at radius 3 is 2.66 bits per heavy atom. The second-order valence-corrected chi connectivity index (χ2v) is 8.90. The molecule has 2 aromatic rings. The highest BCUT2D eigenvalue weighted by atomic mass is 35.5. The first-order chi connectivity index (χ1) is 13.9. The van der Waals surface area contributed by atoms with Crippen molar-refractivity contribution in [1.29, 1.82) is 0 Å². The Labute approximate surface area is 173 Å². The van der Waals surface area contributed by atoms with Gasteiger partial charge in [0.15, 0.2) is 0 Å². The lowest BCUT2D eigenvalue weighted by atomic mass is 10.1. The van der Waals surface area contributed by atoms with Gasteiger partial charge in [-0.05, 0) is 24.0 Å². The SMILES string of the molecule is COCCN1C[C@@H]2[C@H](C1)[C@H]2c1cc(-c2cnc(N)c(Cl)c2)nn1CC1CC1(F)F. The van der Waals surface area contributed by atoms with Crippen LogP contribution in [0, 0.1) is 17.8 Å². The fraction of sp³-hybridized carbons (Fsp3) is 0.600. The van der Waals surface area contributed by atoms with Crippen LogP contribution < -0.4 is 5.73 Å². The zero-order chi connectivity index (χ0) is 20.3. The Hall–Kier alpha value is -1.77. The van der Waals surface area contributed by atoms with Crippen LogP contribution in [-0.2, 0) is 11.3 Å². The maximum atomic E-state index is 13.6. The van der Waals surface area contributed by atoms with Crippen LogP contribution in [0.4, 0.5) is 14.6 Å². The molecule has 0 bridgehead atoms. The van der Waals surface area contributed by atoms with E-state index < -0.39 is 11.8 Å². The van der Waals surface area contributed by atoms with Gasteiger partial charge in [0.2, 0.25) is 0 Å². The summed E-state index contributed by atoms with van der Waals surface area (Å²) in [5.41, 5.74) is 8.22. The molecular weight excluding hydrogens is 400 g/mol. The van der Waals surface area contributed by atoms with Gasteiger partial charge < -0.3 is 15.4 Å². The zero-order valence-corrected chi connectivity index (χ0v) is 16.9. The van der Waals surface area contributed by atoms with Crippen molar-refractivity contribution in [3.05, 3.63) is 29.0 Å². The van der Waals surface area contributed by atoms with Crippen molar-refractivity contribution in [1.82, 2.24) is 19.7 Å². The number of nitrogens with zero attached hydrogens (tertiary/aromatic N) is 4. The molecule has 1 saturated heterocycles. The lowest BCUT2D eigenvalue weighted by Gasteiger charge is -2.19. The number of anilines is 1. The number of rotatable bonds is 7. The first-order valence-electron chi connectivity index (χ1n) is 9.95. The van der Waals surface area contributed by atoms with E-state index in [4.69, 9.17) is 22.1 Å². The number of nitrogen functional groups attached to an aromatic ring is 1. The summed E-state index contributed by atoms with van der Waals surface area (Å²) in [5.74, 6) is -1.43. The molecule has 0 radical (unpaired) electrons. The van der Waals surface area contributed by atoms with Gasteiger partial charge in [-0.1, -0.05) is 11.6 Å². The third-order valence-electron chi connectivity index (χ3n) is 6.55. The van der Waals surface area contributed by atoms with E-state index in [1.807, 2.05) is 6.07 Å². The van der Waals surface area contributed by atoms with E-state index in [0.717, 1.165) is 37.5 Å². The lowest BCUT2D eigenvalue weighted by molar-refractivity contribution is 0.0939. The molecule has 1 aliphatic heterocycles. The maximum Gasteiger partial charge on any atom is 0.253 e. The number of alkyl halides is 2. The third-order valence-corrected chi connectivity index (χ3v) is 6.85. The highest BCUT2D eigenvalue weighted by Crippen LogP contribution is 2.59. The molecule has 2 aliphatic carbocycles. The number of likely N-dealkylation sites (tertiary alicyclic amines) is 1. The molecule has 4 atom stereocenters. The van der Waals surface area contributed by atoms with Crippen molar-refractivity contribution in [2.24, 2.45) is 17.8 Å². The lowest BCUT2D eigenvalue weighted by Crippen LogP contribution is -2.28. The van der Waals surface area contributed by atoms with Crippen molar-refractivity contribution in [3.8, 4) is 11.3 Å². The first kappa shape index (κ1) is 19.2. The number of methoxy groups -OCH3 is 1. The minimum Gasteiger partial charge on any atom is -0.383 e. The molecule has 29 heavy (non-hydrogen) atoms. The molecule has 0 aromatic carbocycles. The smallest absolute Gasteiger partial charge is 0.253 e. The quantitative estimate of drug-likeness (QED) is 0.741. The molecule has 156 valence electrons. The predicted molar refractivity (Wildman–Crippen MR) is 106 cm³/mol. The Morgan fingerprint density at radius 2 is 2.03 bits per heavy atom. The standard InChI is InChI=1S/C20H24ClF2N5O/c1-29-3-2-27-9-13-14(10-27)18(13)17-5-16(11-4-15(21)19(24)25-7-11)26-28(17)8-12-6-20(12,22)23/h4-5,7,12-14,18H,2-3,6,8-10H2,1H3,(H2,24,25)/t12?,13-,14+,18+. The summed E-state index contributed by atoms with van der Waals surface area (Å²) in [6, 6.07) is 3.75. The minimum atomic E-state index is -2.56. The van der Waals surface area contributed by atoms with Gasteiger partial charge in [0.1, 0.15) is 5.82 Å². The van der Waals surface area contributed by atoms with Crippen LogP contribution in [0.3, 0.4) is 0 Å². The number of hydrogen-bond acceptors (Lipinski definition) is 5. The summed E-state index contributed by atoms with van der Waals surface area (Å²) in [4.78, 5) is 6.52. The number of hydrogen-bond donors (Lipinski definition) is 1. The number of ether oxygens (including phenoxy) is 1. The van der Waals surface area contributed by atoms with E-state index in [-0.39, 0.29) is 18.8 Å². The number of pyridine rings is 1. The molecule has 1 unspecified atom stereocenters. The fourth-order valence-electron chi connectivity index (χ4n) is 4.71. The number of nitrogens with two attached hydrogens (primary N) is 1. The highest BCUT2D eigenvalue weighted by Gasteiger charge is 2.59. The van der Waals surface area contributed by atoms with Crippen molar-refractivity contribution in [2.45, 2.75) is 24.8 Å². The average Bonchev–Trinajstić information content (AvgIpc) is 3.33. The molecule has 3 heterocycles. The first-order valence-corrected chi connectivity index (χ1v) is 10.3. The average molecular weight is 424 g/mol. The van der Waals surface area contributed by atoms with E-state index in [1.54, 1.807) is 24.1 Å². The summed E-state index contributed by atoms with van der Waals surface area (Å²) in [6.45, 7) is 3.96. The van der Waals surface area contributed by atoms with Crippen LogP contribution in [-0.4, -0.2) is 58.9 Å². The van der Waals surface area contributed by atoms with E-state index in [0.29, 0.717) is 28.5 Å². The van der Waals surface area contributed by atoms with Crippen LogP contribution in [0.25, 0.3) is 11.3 Å². The second-order valence-electron chi connectivity index (χ2n) is 8.50. The highest BCUT2D eigenvalue weighted by molar-refractivity contribution is 6.33. The van der Waals surface area contributed by atoms with Crippen molar-refractivity contribution < 1.29 is 13.5 Å². The van der Waals surface area contributed by atoms with Crippen LogP contribution in [0.5, 0.6) is 0 Å². The molecule has 2 saturated carbocycles. The fourth-order valence-corrected chi connectivity index (χ4v) is 4.87. The number of aromatic nitrogens is 3. The van der Waals surface area contributed by atoms with Gasteiger partial charge in [0, 0.05) is 62.5 Å². The van der Waals surface area contributed by atoms with Gasteiger partial charge in [-0.25, -0.2) is 13.8 Å². The number of halogens is 3. The van der Waals surface area contributed by atoms with E-state index in [1.165, 1.54) is 0 Å².